The van der Waals surface area contributed by atoms with Crippen molar-refractivity contribution in [3.8, 4) is 0 Å². The van der Waals surface area contributed by atoms with Gasteiger partial charge in [0, 0.05) is 12.6 Å². The highest BCUT2D eigenvalue weighted by molar-refractivity contribution is 6.30. The van der Waals surface area contributed by atoms with Gasteiger partial charge in [-0.25, -0.2) is 0 Å². The molecule has 0 aliphatic carbocycles. The van der Waals surface area contributed by atoms with Gasteiger partial charge in [-0.1, -0.05) is 18.5 Å². The molecule has 0 N–H and O–H groups in total. The van der Waals surface area contributed by atoms with Crippen LogP contribution in [0.5, 0.6) is 0 Å². The Morgan fingerprint density at radius 3 is 2.40 bits per heavy atom. The molecule has 0 saturated carbocycles. The van der Waals surface area contributed by atoms with Crippen molar-refractivity contribution in [3.05, 3.63) is 16.4 Å². The van der Waals surface area contributed by atoms with E-state index in [0.717, 1.165) is 22.8 Å². The standard InChI is InChI=1S/C7H11ClN2/c1-4-6-5(2)9-10(3)7(6)8/h4H2,1-3H3. The summed E-state index contributed by atoms with van der Waals surface area (Å²) in [5, 5.41) is 4.93. The molecule has 0 bridgehead atoms. The molecule has 0 amide bonds. The summed E-state index contributed by atoms with van der Waals surface area (Å²) in [6, 6.07) is 0. The molecule has 0 saturated heterocycles. The maximum absolute atomic E-state index is 5.91. The first kappa shape index (κ1) is 7.61. The summed E-state index contributed by atoms with van der Waals surface area (Å²) >= 11 is 5.91. The lowest BCUT2D eigenvalue weighted by Crippen LogP contribution is -1.89. The molecular formula is C7H11ClN2. The number of aromatic nitrogens is 2. The quantitative estimate of drug-likeness (QED) is 0.611. The van der Waals surface area contributed by atoms with E-state index in [-0.39, 0.29) is 0 Å². The summed E-state index contributed by atoms with van der Waals surface area (Å²) < 4.78 is 1.70. The van der Waals surface area contributed by atoms with Crippen LogP contribution in [0.25, 0.3) is 0 Å². The van der Waals surface area contributed by atoms with Crippen LogP contribution in [0.2, 0.25) is 5.15 Å². The van der Waals surface area contributed by atoms with Gasteiger partial charge in [0.1, 0.15) is 5.15 Å². The van der Waals surface area contributed by atoms with E-state index in [1.165, 1.54) is 0 Å². The Bertz CT molecular complexity index is 240. The van der Waals surface area contributed by atoms with Crippen molar-refractivity contribution in [1.82, 2.24) is 9.78 Å². The first-order valence-corrected chi connectivity index (χ1v) is 3.72. The lowest BCUT2D eigenvalue weighted by molar-refractivity contribution is 0.757. The van der Waals surface area contributed by atoms with E-state index in [1.54, 1.807) is 4.68 Å². The second-order valence-electron chi connectivity index (χ2n) is 2.33. The van der Waals surface area contributed by atoms with Gasteiger partial charge < -0.3 is 0 Å². The third-order valence-corrected chi connectivity index (χ3v) is 2.10. The third-order valence-electron chi connectivity index (χ3n) is 1.62. The number of aryl methyl sites for hydroxylation is 2. The van der Waals surface area contributed by atoms with Crippen molar-refractivity contribution < 1.29 is 0 Å². The summed E-state index contributed by atoms with van der Waals surface area (Å²) in [5.41, 5.74) is 2.19. The Morgan fingerprint density at radius 2 is 2.20 bits per heavy atom. The zero-order valence-electron chi connectivity index (χ0n) is 6.48. The smallest absolute Gasteiger partial charge is 0.130 e. The first-order valence-electron chi connectivity index (χ1n) is 3.34. The van der Waals surface area contributed by atoms with Crippen LogP contribution in [-0.4, -0.2) is 9.78 Å². The van der Waals surface area contributed by atoms with E-state index in [4.69, 9.17) is 11.6 Å². The van der Waals surface area contributed by atoms with Crippen LogP contribution in [0.15, 0.2) is 0 Å². The molecule has 0 unspecified atom stereocenters. The van der Waals surface area contributed by atoms with E-state index in [1.807, 2.05) is 14.0 Å². The second-order valence-corrected chi connectivity index (χ2v) is 2.69. The van der Waals surface area contributed by atoms with E-state index in [2.05, 4.69) is 12.0 Å². The van der Waals surface area contributed by atoms with Gasteiger partial charge in [-0.05, 0) is 13.3 Å². The van der Waals surface area contributed by atoms with Gasteiger partial charge in [0.25, 0.3) is 0 Å². The van der Waals surface area contributed by atoms with Gasteiger partial charge in [0.05, 0.1) is 5.69 Å². The molecule has 56 valence electrons. The Kier molecular flexibility index (Phi) is 2.00. The Morgan fingerprint density at radius 1 is 1.60 bits per heavy atom. The van der Waals surface area contributed by atoms with Crippen molar-refractivity contribution in [1.29, 1.82) is 0 Å². The van der Waals surface area contributed by atoms with Crippen molar-refractivity contribution in [3.63, 3.8) is 0 Å². The fourth-order valence-corrected chi connectivity index (χ4v) is 1.38. The zero-order valence-corrected chi connectivity index (χ0v) is 7.24. The van der Waals surface area contributed by atoms with Crippen molar-refractivity contribution >= 4 is 11.6 Å². The maximum Gasteiger partial charge on any atom is 0.130 e. The van der Waals surface area contributed by atoms with Gasteiger partial charge in [-0.15, -0.1) is 0 Å². The van der Waals surface area contributed by atoms with Crippen molar-refractivity contribution in [2.75, 3.05) is 0 Å². The van der Waals surface area contributed by atoms with E-state index >= 15 is 0 Å². The molecule has 1 heterocycles. The molecule has 0 aliphatic heterocycles. The van der Waals surface area contributed by atoms with Crippen molar-refractivity contribution in [2.24, 2.45) is 7.05 Å². The van der Waals surface area contributed by atoms with E-state index in [0.29, 0.717) is 0 Å². The molecule has 10 heavy (non-hydrogen) atoms. The minimum atomic E-state index is 0.764. The zero-order chi connectivity index (χ0) is 7.72. The van der Waals surface area contributed by atoms with Crippen LogP contribution in [0.4, 0.5) is 0 Å². The number of nitrogens with zero attached hydrogens (tertiary/aromatic N) is 2. The van der Waals surface area contributed by atoms with Gasteiger partial charge in [0.15, 0.2) is 0 Å². The molecule has 1 aromatic heterocycles. The van der Waals surface area contributed by atoms with Gasteiger partial charge in [-0.2, -0.15) is 5.10 Å². The van der Waals surface area contributed by atoms with Crippen LogP contribution in [0.1, 0.15) is 18.2 Å². The molecule has 1 aromatic rings. The molecule has 2 nitrogen and oxygen atoms in total. The van der Waals surface area contributed by atoms with E-state index in [9.17, 15) is 0 Å². The molecule has 0 atom stereocenters. The van der Waals surface area contributed by atoms with Crippen LogP contribution in [0, 0.1) is 6.92 Å². The fraction of sp³-hybridized carbons (Fsp3) is 0.571. The Labute approximate surface area is 65.8 Å². The maximum atomic E-state index is 5.91. The summed E-state index contributed by atoms with van der Waals surface area (Å²) in [6.45, 7) is 4.06. The van der Waals surface area contributed by atoms with Gasteiger partial charge >= 0.3 is 0 Å². The molecular weight excluding hydrogens is 148 g/mol. The lowest BCUT2D eigenvalue weighted by atomic mass is 10.2. The van der Waals surface area contributed by atoms with Crippen LogP contribution < -0.4 is 0 Å². The highest BCUT2D eigenvalue weighted by Crippen LogP contribution is 2.18. The molecule has 1 rings (SSSR count). The topological polar surface area (TPSA) is 17.8 Å². The average molecular weight is 159 g/mol. The normalized spacial score (nSPS) is 10.4. The number of hydrogen-bond donors (Lipinski definition) is 0. The molecule has 0 aromatic carbocycles. The molecule has 0 spiro atoms. The number of hydrogen-bond acceptors (Lipinski definition) is 1. The molecule has 0 fully saturated rings. The predicted molar refractivity (Wildman–Crippen MR) is 42.3 cm³/mol. The average Bonchev–Trinajstić information content (AvgIpc) is 2.09. The van der Waals surface area contributed by atoms with Crippen LogP contribution in [-0.2, 0) is 13.5 Å². The van der Waals surface area contributed by atoms with E-state index < -0.39 is 0 Å². The summed E-state index contributed by atoms with van der Waals surface area (Å²) in [7, 11) is 1.86. The number of halogens is 1. The lowest BCUT2D eigenvalue weighted by Gasteiger charge is -1.92. The summed E-state index contributed by atoms with van der Waals surface area (Å²) in [6.07, 6.45) is 0.957. The summed E-state index contributed by atoms with van der Waals surface area (Å²) in [4.78, 5) is 0. The summed E-state index contributed by atoms with van der Waals surface area (Å²) in [5.74, 6) is 0. The molecule has 3 heteroatoms. The highest BCUT2D eigenvalue weighted by Gasteiger charge is 2.07. The largest absolute Gasteiger partial charge is 0.257 e. The van der Waals surface area contributed by atoms with Gasteiger partial charge in [0.2, 0.25) is 0 Å². The minimum Gasteiger partial charge on any atom is -0.257 e. The molecule has 0 radical (unpaired) electrons. The Balaban J connectivity index is 3.20. The third kappa shape index (κ3) is 1.03. The van der Waals surface area contributed by atoms with Crippen molar-refractivity contribution in [2.45, 2.75) is 20.3 Å². The predicted octanol–water partition coefficient (Wildman–Crippen LogP) is 1.94. The Hall–Kier alpha value is -0.500. The first-order chi connectivity index (χ1) is 4.66. The van der Waals surface area contributed by atoms with Crippen LogP contribution in [0.3, 0.4) is 0 Å². The minimum absolute atomic E-state index is 0.764. The monoisotopic (exact) mass is 158 g/mol. The SMILES string of the molecule is CCc1c(C)nn(C)c1Cl. The van der Waals surface area contributed by atoms with Gasteiger partial charge in [-0.3, -0.25) is 4.68 Å². The number of rotatable bonds is 1. The second kappa shape index (κ2) is 2.62. The molecule has 0 aliphatic rings. The fourth-order valence-electron chi connectivity index (χ4n) is 1.08. The van der Waals surface area contributed by atoms with Crippen LogP contribution >= 0.6 is 11.6 Å². The highest BCUT2D eigenvalue weighted by atomic mass is 35.5.